The molecule has 0 saturated carbocycles. The maximum Gasteiger partial charge on any atom is 0.241 e. The van der Waals surface area contributed by atoms with Gasteiger partial charge in [-0.1, -0.05) is 75.7 Å². The average molecular weight is 364 g/mol. The van der Waals surface area contributed by atoms with Crippen LogP contribution in [0.1, 0.15) is 51.8 Å². The number of carbonyl (C=O) groups excluding carboxylic acids is 1. The van der Waals surface area contributed by atoms with Gasteiger partial charge in [0.1, 0.15) is 6.04 Å². The van der Waals surface area contributed by atoms with Gasteiger partial charge in [0.05, 0.1) is 4.90 Å². The Hall–Kier alpha value is -1.98. The number of benzene rings is 2. The van der Waals surface area contributed by atoms with Crippen LogP contribution in [-0.2, 0) is 14.8 Å². The zero-order valence-corrected chi connectivity index (χ0v) is 16.7. The molecule has 5 heteroatoms. The highest BCUT2D eigenvalue weighted by molar-refractivity contribution is 7.89. The Morgan fingerprint density at radius 2 is 1.36 bits per heavy atom. The van der Waals surface area contributed by atoms with E-state index in [9.17, 15) is 13.2 Å². The topological polar surface area (TPSA) is 63.2 Å². The number of carbonyl (C=O) groups is 1. The summed E-state index contributed by atoms with van der Waals surface area (Å²) in [5.41, 5.74) is 1.60. The van der Waals surface area contributed by atoms with Crippen molar-refractivity contribution in [3.8, 4) is 0 Å². The largest absolute Gasteiger partial charge is 0.298 e. The van der Waals surface area contributed by atoms with Gasteiger partial charge in [0, 0.05) is 0 Å². The number of rotatable bonds is 5. The van der Waals surface area contributed by atoms with E-state index >= 15 is 0 Å². The summed E-state index contributed by atoms with van der Waals surface area (Å²) < 4.78 is 27.2. The van der Waals surface area contributed by atoms with Crippen molar-refractivity contribution in [3.05, 3.63) is 65.7 Å². The smallest absolute Gasteiger partial charge is 0.241 e. The molecule has 0 heterocycles. The highest BCUT2D eigenvalue weighted by Crippen LogP contribution is 2.18. The standard InChI is InChI=1S/C16H17NO3S.2C2H6/c1-12-8-10-15(11-9-12)21(19,20)17-16(13(2)18)14-6-4-3-5-7-14;2*1-2/h3-11,16-17H,1-2H3;2*1-2H3. The van der Waals surface area contributed by atoms with Gasteiger partial charge in [0.25, 0.3) is 0 Å². The third-order valence-electron chi connectivity index (χ3n) is 3.14. The van der Waals surface area contributed by atoms with Crippen LogP contribution in [-0.4, -0.2) is 14.2 Å². The SMILES string of the molecule is CC.CC.CC(=O)C(NS(=O)(=O)c1ccc(C)cc1)c1ccccc1. The lowest BCUT2D eigenvalue weighted by Crippen LogP contribution is -2.32. The molecule has 1 unspecified atom stereocenters. The van der Waals surface area contributed by atoms with Crippen molar-refractivity contribution in [2.75, 3.05) is 0 Å². The van der Waals surface area contributed by atoms with Crippen LogP contribution in [0.15, 0.2) is 59.5 Å². The summed E-state index contributed by atoms with van der Waals surface area (Å²) >= 11 is 0. The normalized spacial score (nSPS) is 11.3. The summed E-state index contributed by atoms with van der Waals surface area (Å²) in [5.74, 6) is -0.253. The Morgan fingerprint density at radius 1 is 0.880 bits per heavy atom. The Balaban J connectivity index is 0.00000134. The molecule has 2 aromatic rings. The van der Waals surface area contributed by atoms with Gasteiger partial charge in [-0.3, -0.25) is 4.79 Å². The number of hydrogen-bond acceptors (Lipinski definition) is 3. The molecule has 0 radical (unpaired) electrons. The third-order valence-corrected chi connectivity index (χ3v) is 4.58. The second-order valence-corrected chi connectivity index (χ2v) is 6.60. The van der Waals surface area contributed by atoms with Crippen molar-refractivity contribution in [2.45, 2.75) is 52.5 Å². The third kappa shape index (κ3) is 7.20. The van der Waals surface area contributed by atoms with Gasteiger partial charge in [-0.25, -0.2) is 8.42 Å². The van der Waals surface area contributed by atoms with E-state index in [1.165, 1.54) is 19.1 Å². The number of nitrogens with one attached hydrogen (secondary N) is 1. The van der Waals surface area contributed by atoms with Crippen LogP contribution in [0.2, 0.25) is 0 Å². The summed E-state index contributed by atoms with van der Waals surface area (Å²) in [6.45, 7) is 11.3. The van der Waals surface area contributed by atoms with Crippen molar-refractivity contribution >= 4 is 15.8 Å². The summed E-state index contributed by atoms with van der Waals surface area (Å²) in [6, 6.07) is 14.4. The number of sulfonamides is 1. The molecule has 0 aliphatic rings. The summed E-state index contributed by atoms with van der Waals surface area (Å²) in [5, 5.41) is 0. The zero-order valence-electron chi connectivity index (χ0n) is 15.9. The molecule has 1 atom stereocenters. The van der Waals surface area contributed by atoms with Gasteiger partial charge in [-0.2, -0.15) is 4.72 Å². The van der Waals surface area contributed by atoms with Crippen LogP contribution in [0.3, 0.4) is 0 Å². The van der Waals surface area contributed by atoms with E-state index in [0.29, 0.717) is 5.56 Å². The van der Waals surface area contributed by atoms with Crippen LogP contribution >= 0.6 is 0 Å². The highest BCUT2D eigenvalue weighted by Gasteiger charge is 2.24. The van der Waals surface area contributed by atoms with Gasteiger partial charge in [0.2, 0.25) is 10.0 Å². The predicted octanol–water partition coefficient (Wildman–Crippen LogP) is 4.66. The summed E-state index contributed by atoms with van der Waals surface area (Å²) in [7, 11) is -3.74. The second-order valence-electron chi connectivity index (χ2n) is 4.89. The number of hydrogen-bond donors (Lipinski definition) is 1. The van der Waals surface area contributed by atoms with Gasteiger partial charge in [0.15, 0.2) is 5.78 Å². The van der Waals surface area contributed by atoms with E-state index in [2.05, 4.69) is 4.72 Å². The van der Waals surface area contributed by atoms with Gasteiger partial charge in [-0.05, 0) is 31.5 Å². The second kappa shape index (κ2) is 11.6. The van der Waals surface area contributed by atoms with Crippen molar-refractivity contribution in [2.24, 2.45) is 0 Å². The van der Waals surface area contributed by atoms with E-state index in [-0.39, 0.29) is 10.7 Å². The zero-order chi connectivity index (χ0) is 19.5. The maximum absolute atomic E-state index is 12.4. The van der Waals surface area contributed by atoms with E-state index in [1.54, 1.807) is 36.4 Å². The molecule has 2 aromatic carbocycles. The van der Waals surface area contributed by atoms with Crippen LogP contribution in [0.4, 0.5) is 0 Å². The van der Waals surface area contributed by atoms with E-state index in [0.717, 1.165) is 5.56 Å². The molecular formula is C20H29NO3S. The Kier molecular flexibility index (Phi) is 10.6. The van der Waals surface area contributed by atoms with E-state index < -0.39 is 16.1 Å². The van der Waals surface area contributed by atoms with E-state index in [1.807, 2.05) is 40.7 Å². The molecule has 0 amide bonds. The summed E-state index contributed by atoms with van der Waals surface area (Å²) in [4.78, 5) is 11.9. The molecule has 0 aliphatic carbocycles. The van der Waals surface area contributed by atoms with E-state index in [4.69, 9.17) is 0 Å². The number of ketones is 1. The number of Topliss-reactive ketones (excluding diaryl/α,β-unsaturated/α-hetero) is 1. The summed E-state index contributed by atoms with van der Waals surface area (Å²) in [6.07, 6.45) is 0. The Labute approximate surface area is 152 Å². The van der Waals surface area contributed by atoms with Crippen molar-refractivity contribution in [1.82, 2.24) is 4.72 Å². The molecule has 1 N–H and O–H groups in total. The molecule has 4 nitrogen and oxygen atoms in total. The van der Waals surface area contributed by atoms with Gasteiger partial charge < -0.3 is 0 Å². The fraction of sp³-hybridized carbons (Fsp3) is 0.350. The lowest BCUT2D eigenvalue weighted by Gasteiger charge is -2.16. The van der Waals surface area contributed by atoms with Crippen molar-refractivity contribution < 1.29 is 13.2 Å². The van der Waals surface area contributed by atoms with Crippen LogP contribution < -0.4 is 4.72 Å². The lowest BCUT2D eigenvalue weighted by molar-refractivity contribution is -0.118. The average Bonchev–Trinajstić information content (AvgIpc) is 2.64. The molecular weight excluding hydrogens is 334 g/mol. The first kappa shape index (κ1) is 23.0. The van der Waals surface area contributed by atoms with Gasteiger partial charge >= 0.3 is 0 Å². The molecule has 0 bridgehead atoms. The Morgan fingerprint density at radius 3 is 1.80 bits per heavy atom. The molecule has 138 valence electrons. The number of aryl methyl sites for hydroxylation is 1. The van der Waals surface area contributed by atoms with Crippen LogP contribution in [0, 0.1) is 6.92 Å². The molecule has 0 aliphatic heterocycles. The lowest BCUT2D eigenvalue weighted by atomic mass is 10.1. The minimum Gasteiger partial charge on any atom is -0.298 e. The first-order valence-electron chi connectivity index (χ1n) is 8.54. The van der Waals surface area contributed by atoms with Gasteiger partial charge in [-0.15, -0.1) is 0 Å². The highest BCUT2D eigenvalue weighted by atomic mass is 32.2. The quantitative estimate of drug-likeness (QED) is 0.840. The monoisotopic (exact) mass is 363 g/mol. The maximum atomic E-state index is 12.4. The minimum atomic E-state index is -3.74. The van der Waals surface area contributed by atoms with Crippen LogP contribution in [0.25, 0.3) is 0 Å². The first-order valence-corrected chi connectivity index (χ1v) is 10.0. The molecule has 2 rings (SSSR count). The molecule has 0 fully saturated rings. The fourth-order valence-corrected chi connectivity index (χ4v) is 3.21. The molecule has 0 aromatic heterocycles. The van der Waals surface area contributed by atoms with Crippen molar-refractivity contribution in [3.63, 3.8) is 0 Å². The molecule has 0 spiro atoms. The predicted molar refractivity (Wildman–Crippen MR) is 104 cm³/mol. The first-order chi connectivity index (χ1) is 11.9. The fourth-order valence-electron chi connectivity index (χ4n) is 1.97. The van der Waals surface area contributed by atoms with Crippen molar-refractivity contribution in [1.29, 1.82) is 0 Å². The van der Waals surface area contributed by atoms with Crippen LogP contribution in [0.5, 0.6) is 0 Å². The molecule has 0 saturated heterocycles. The Bertz CT molecular complexity index is 723. The minimum absolute atomic E-state index is 0.148. The molecule has 25 heavy (non-hydrogen) atoms.